The Bertz CT molecular complexity index is 1340. The summed E-state index contributed by atoms with van der Waals surface area (Å²) in [5, 5.41) is 5.92. The van der Waals surface area contributed by atoms with Crippen LogP contribution < -0.4 is 10.6 Å². The maximum absolute atomic E-state index is 13.2. The van der Waals surface area contributed by atoms with Crippen molar-refractivity contribution in [3.8, 4) is 11.1 Å². The van der Waals surface area contributed by atoms with E-state index in [1.54, 1.807) is 0 Å². The molecule has 1 aliphatic carbocycles. The fourth-order valence-electron chi connectivity index (χ4n) is 5.44. The highest BCUT2D eigenvalue weighted by molar-refractivity contribution is 6.07. The molecule has 2 amide bonds. The Kier molecular flexibility index (Phi) is 8.54. The number of ether oxygens (including phenoxy) is 1. The highest BCUT2D eigenvalue weighted by Gasteiger charge is 2.19. The van der Waals surface area contributed by atoms with E-state index in [-0.39, 0.29) is 11.8 Å². The van der Waals surface area contributed by atoms with Crippen molar-refractivity contribution in [3.63, 3.8) is 0 Å². The Morgan fingerprint density at radius 3 is 2.26 bits per heavy atom. The largest absolute Gasteiger partial charge is 0.381 e. The maximum atomic E-state index is 13.2. The van der Waals surface area contributed by atoms with Gasteiger partial charge >= 0.3 is 0 Å². The smallest absolute Gasteiger partial charge is 0.251 e. The lowest BCUT2D eigenvalue weighted by atomic mass is 9.97. The first-order valence-electron chi connectivity index (χ1n) is 13.8. The molecule has 202 valence electrons. The molecule has 0 aromatic heterocycles. The van der Waals surface area contributed by atoms with Crippen LogP contribution >= 0.6 is 0 Å². The van der Waals surface area contributed by atoms with Gasteiger partial charge in [0.25, 0.3) is 5.91 Å². The molecule has 1 heterocycles. The van der Waals surface area contributed by atoms with E-state index in [2.05, 4.69) is 52.9 Å². The van der Waals surface area contributed by atoms with Gasteiger partial charge in [-0.05, 0) is 103 Å². The molecule has 0 bridgehead atoms. The van der Waals surface area contributed by atoms with Crippen molar-refractivity contribution in [1.29, 1.82) is 0 Å². The summed E-state index contributed by atoms with van der Waals surface area (Å²) in [5.74, 6) is -0.127. The first kappa shape index (κ1) is 26.9. The summed E-state index contributed by atoms with van der Waals surface area (Å²) in [4.78, 5) is 27.0. The maximum Gasteiger partial charge on any atom is 0.251 e. The molecule has 1 fully saturated rings. The molecule has 0 unspecified atom stereocenters. The first-order valence-corrected chi connectivity index (χ1v) is 13.8. The van der Waals surface area contributed by atoms with E-state index < -0.39 is 0 Å². The summed E-state index contributed by atoms with van der Waals surface area (Å²) in [6, 6.07) is 23.0. The van der Waals surface area contributed by atoms with Crippen LogP contribution in [0.2, 0.25) is 0 Å². The molecule has 2 N–H and O–H groups in total. The van der Waals surface area contributed by atoms with Gasteiger partial charge in [-0.2, -0.15) is 0 Å². The Morgan fingerprint density at radius 2 is 1.54 bits per heavy atom. The second-order valence-electron chi connectivity index (χ2n) is 10.6. The lowest BCUT2D eigenvalue weighted by molar-refractivity contribution is -0.114. The van der Waals surface area contributed by atoms with E-state index in [1.165, 1.54) is 18.1 Å². The van der Waals surface area contributed by atoms with Crippen LogP contribution in [0.25, 0.3) is 17.2 Å². The molecule has 0 atom stereocenters. The number of hydrogen-bond donors (Lipinski definition) is 2. The van der Waals surface area contributed by atoms with Gasteiger partial charge in [-0.25, -0.2) is 0 Å². The van der Waals surface area contributed by atoms with Gasteiger partial charge in [0.05, 0.1) is 0 Å². The van der Waals surface area contributed by atoms with Crippen LogP contribution in [-0.4, -0.2) is 43.0 Å². The van der Waals surface area contributed by atoms with Gasteiger partial charge in [0.15, 0.2) is 0 Å². The second kappa shape index (κ2) is 12.4. The van der Waals surface area contributed by atoms with Gasteiger partial charge in [-0.1, -0.05) is 36.4 Å². The summed E-state index contributed by atoms with van der Waals surface area (Å²) in [5.41, 5.74) is 8.13. The Hall–Kier alpha value is -3.74. The normalized spacial score (nSPS) is 15.7. The number of benzene rings is 3. The van der Waals surface area contributed by atoms with E-state index in [0.29, 0.717) is 6.04 Å². The van der Waals surface area contributed by atoms with Gasteiger partial charge in [0.2, 0.25) is 5.91 Å². The van der Waals surface area contributed by atoms with Gasteiger partial charge in [0, 0.05) is 49.7 Å². The molecular formula is C33H37N3O3. The molecule has 0 spiro atoms. The summed E-state index contributed by atoms with van der Waals surface area (Å²) in [6.07, 6.45) is 6.83. The number of nitrogens with zero attached hydrogens (tertiary/aromatic N) is 1. The average Bonchev–Trinajstić information content (AvgIpc) is 3.17. The standard InChI is InChI=1S/C33H37N3O3/c1-23(37)34-30-14-10-26(11-15-30)27-9-8-25-4-3-5-28(21-29(25)20-27)33(38)35-31-12-6-24(7-13-31)22-36(2)32-16-18-39-19-17-32/h6-15,20-21,32H,3-5,16-19,22H2,1-2H3,(H,34,37)(H,35,38). The Labute approximate surface area is 231 Å². The molecule has 3 aromatic rings. The minimum atomic E-state index is -0.0853. The van der Waals surface area contributed by atoms with Crippen molar-refractivity contribution in [2.75, 3.05) is 30.9 Å². The summed E-state index contributed by atoms with van der Waals surface area (Å²) < 4.78 is 5.49. The molecule has 6 nitrogen and oxygen atoms in total. The highest BCUT2D eigenvalue weighted by Crippen LogP contribution is 2.30. The molecule has 5 rings (SSSR count). The molecule has 3 aromatic carbocycles. The minimum Gasteiger partial charge on any atom is -0.381 e. The van der Waals surface area contributed by atoms with Crippen LogP contribution in [0.15, 0.2) is 72.3 Å². The number of hydrogen-bond acceptors (Lipinski definition) is 4. The minimum absolute atomic E-state index is 0.0417. The number of amides is 2. The number of carbonyl (C=O) groups excluding carboxylic acids is 2. The molecule has 0 radical (unpaired) electrons. The predicted octanol–water partition coefficient (Wildman–Crippen LogP) is 6.28. The van der Waals surface area contributed by atoms with Crippen molar-refractivity contribution < 1.29 is 14.3 Å². The first-order chi connectivity index (χ1) is 18.9. The van der Waals surface area contributed by atoms with Gasteiger partial charge in [-0.3, -0.25) is 14.5 Å². The zero-order valence-electron chi connectivity index (χ0n) is 22.8. The van der Waals surface area contributed by atoms with Crippen LogP contribution in [0.4, 0.5) is 11.4 Å². The molecular weight excluding hydrogens is 486 g/mol. The number of aryl methyl sites for hydroxylation is 1. The van der Waals surface area contributed by atoms with Crippen molar-refractivity contribution in [2.45, 2.75) is 51.6 Å². The number of anilines is 2. The lowest BCUT2D eigenvalue weighted by Gasteiger charge is -2.31. The van der Waals surface area contributed by atoms with Crippen LogP contribution in [0.5, 0.6) is 0 Å². The topological polar surface area (TPSA) is 70.7 Å². The average molecular weight is 524 g/mol. The fourth-order valence-corrected chi connectivity index (χ4v) is 5.44. The highest BCUT2D eigenvalue weighted by atomic mass is 16.5. The summed E-state index contributed by atoms with van der Waals surface area (Å²) >= 11 is 0. The third-order valence-electron chi connectivity index (χ3n) is 7.66. The quantitative estimate of drug-likeness (QED) is 0.382. The van der Waals surface area contributed by atoms with Gasteiger partial charge < -0.3 is 15.4 Å². The van der Waals surface area contributed by atoms with E-state index in [9.17, 15) is 9.59 Å². The number of fused-ring (bicyclic) bond motifs is 1. The van der Waals surface area contributed by atoms with Crippen molar-refractivity contribution in [1.82, 2.24) is 4.90 Å². The van der Waals surface area contributed by atoms with Crippen molar-refractivity contribution >= 4 is 29.3 Å². The summed E-state index contributed by atoms with van der Waals surface area (Å²) in [7, 11) is 2.17. The molecule has 6 heteroatoms. The van der Waals surface area contributed by atoms with Crippen molar-refractivity contribution in [3.05, 3.63) is 89.0 Å². The zero-order chi connectivity index (χ0) is 27.2. The van der Waals surface area contributed by atoms with Crippen LogP contribution in [0.1, 0.15) is 49.3 Å². The third-order valence-corrected chi connectivity index (χ3v) is 7.66. The van der Waals surface area contributed by atoms with Gasteiger partial charge in [0.1, 0.15) is 0 Å². The van der Waals surface area contributed by atoms with Crippen molar-refractivity contribution in [2.24, 2.45) is 0 Å². The fraction of sp³-hybridized carbons (Fsp3) is 0.333. The van der Waals surface area contributed by atoms with Crippen LogP contribution in [0.3, 0.4) is 0 Å². The SMILES string of the molecule is CC(=O)Nc1ccc(-c2ccc3c(c2)C=C(C(=O)Nc2ccc(CN(C)C4CCOCC4)cc2)CCC3)cc1. The van der Waals surface area contributed by atoms with Crippen LogP contribution in [-0.2, 0) is 27.3 Å². The van der Waals surface area contributed by atoms with E-state index in [4.69, 9.17) is 4.74 Å². The second-order valence-corrected chi connectivity index (χ2v) is 10.6. The number of rotatable bonds is 7. The molecule has 1 saturated heterocycles. The lowest BCUT2D eigenvalue weighted by Crippen LogP contribution is -2.36. The molecule has 0 saturated carbocycles. The molecule has 2 aliphatic rings. The van der Waals surface area contributed by atoms with Gasteiger partial charge in [-0.15, -0.1) is 0 Å². The number of nitrogens with one attached hydrogen (secondary N) is 2. The Balaban J connectivity index is 1.25. The zero-order valence-corrected chi connectivity index (χ0v) is 22.8. The van der Waals surface area contributed by atoms with E-state index in [0.717, 1.165) is 85.5 Å². The number of carbonyl (C=O) groups is 2. The van der Waals surface area contributed by atoms with E-state index >= 15 is 0 Å². The third kappa shape index (κ3) is 7.02. The summed E-state index contributed by atoms with van der Waals surface area (Å²) in [6.45, 7) is 4.08. The van der Waals surface area contributed by atoms with Crippen LogP contribution in [0, 0.1) is 0 Å². The van der Waals surface area contributed by atoms with E-state index in [1.807, 2.05) is 42.5 Å². The molecule has 39 heavy (non-hydrogen) atoms. The predicted molar refractivity (Wildman–Crippen MR) is 157 cm³/mol. The Morgan fingerprint density at radius 1 is 0.872 bits per heavy atom. The molecule has 1 aliphatic heterocycles. The monoisotopic (exact) mass is 523 g/mol.